The predicted molar refractivity (Wildman–Crippen MR) is 74.8 cm³/mol. The van der Waals surface area contributed by atoms with Crippen molar-refractivity contribution < 1.29 is 5.11 Å². The SMILES string of the molecule is OC(CBr)(Cc1ccccc1Cl)C1(Br)CC1. The highest BCUT2D eigenvalue weighted by Gasteiger charge is 2.56. The van der Waals surface area contributed by atoms with Crippen LogP contribution in [0.3, 0.4) is 0 Å². The van der Waals surface area contributed by atoms with Crippen LogP contribution < -0.4 is 0 Å². The molecular formula is C12H13Br2ClO. The summed E-state index contributed by atoms with van der Waals surface area (Å²) in [5.41, 5.74) is 0.231. The fourth-order valence-corrected chi connectivity index (χ4v) is 3.65. The van der Waals surface area contributed by atoms with Gasteiger partial charge in [0, 0.05) is 16.8 Å². The highest BCUT2D eigenvalue weighted by molar-refractivity contribution is 9.10. The predicted octanol–water partition coefficient (Wildman–Crippen LogP) is 3.94. The molecule has 1 aromatic carbocycles. The molecule has 16 heavy (non-hydrogen) atoms. The first kappa shape index (κ1) is 12.9. The zero-order chi connectivity index (χ0) is 11.8. The summed E-state index contributed by atoms with van der Waals surface area (Å²) in [5.74, 6) is 0. The van der Waals surface area contributed by atoms with Gasteiger partial charge in [0.25, 0.3) is 0 Å². The van der Waals surface area contributed by atoms with Gasteiger partial charge in [-0.15, -0.1) is 0 Å². The summed E-state index contributed by atoms with van der Waals surface area (Å²) in [4.78, 5) is 0. The van der Waals surface area contributed by atoms with Gasteiger partial charge in [-0.05, 0) is 24.5 Å². The number of alkyl halides is 2. The lowest BCUT2D eigenvalue weighted by atomic mass is 9.91. The Bertz CT molecular complexity index is 392. The van der Waals surface area contributed by atoms with Crippen LogP contribution in [0, 0.1) is 0 Å². The monoisotopic (exact) mass is 366 g/mol. The summed E-state index contributed by atoms with van der Waals surface area (Å²) in [6.45, 7) is 0. The molecular weight excluding hydrogens is 355 g/mol. The second-order valence-corrected chi connectivity index (χ2v) is 6.88. The van der Waals surface area contributed by atoms with E-state index in [2.05, 4.69) is 31.9 Å². The topological polar surface area (TPSA) is 20.2 Å². The van der Waals surface area contributed by atoms with E-state index in [1.807, 2.05) is 24.3 Å². The second-order valence-electron chi connectivity index (χ2n) is 4.40. The van der Waals surface area contributed by atoms with Gasteiger partial charge in [0.2, 0.25) is 0 Å². The van der Waals surface area contributed by atoms with E-state index < -0.39 is 5.60 Å². The molecule has 0 bridgehead atoms. The van der Waals surface area contributed by atoms with E-state index in [9.17, 15) is 5.11 Å². The minimum Gasteiger partial charge on any atom is -0.387 e. The molecule has 1 N–H and O–H groups in total. The number of benzene rings is 1. The molecule has 1 aromatic rings. The van der Waals surface area contributed by atoms with Gasteiger partial charge < -0.3 is 5.11 Å². The number of halogens is 3. The molecule has 0 radical (unpaired) electrons. The van der Waals surface area contributed by atoms with E-state index in [4.69, 9.17) is 11.6 Å². The Hall–Kier alpha value is 0.430. The number of hydrogen-bond donors (Lipinski definition) is 1. The van der Waals surface area contributed by atoms with Crippen LogP contribution in [0.1, 0.15) is 18.4 Å². The molecule has 0 saturated heterocycles. The number of hydrogen-bond acceptors (Lipinski definition) is 1. The quantitative estimate of drug-likeness (QED) is 0.799. The highest BCUT2D eigenvalue weighted by Crippen LogP contribution is 2.54. The van der Waals surface area contributed by atoms with Crippen LogP contribution in [0.2, 0.25) is 5.02 Å². The molecule has 0 aliphatic heterocycles. The van der Waals surface area contributed by atoms with Crippen molar-refractivity contribution in [3.05, 3.63) is 34.9 Å². The first-order valence-corrected chi connectivity index (χ1v) is 7.51. The van der Waals surface area contributed by atoms with Gasteiger partial charge >= 0.3 is 0 Å². The van der Waals surface area contributed by atoms with Gasteiger partial charge in [-0.2, -0.15) is 0 Å². The van der Waals surface area contributed by atoms with Gasteiger partial charge in [0.05, 0.1) is 9.93 Å². The van der Waals surface area contributed by atoms with Crippen molar-refractivity contribution in [3.8, 4) is 0 Å². The molecule has 0 heterocycles. The molecule has 0 amide bonds. The zero-order valence-electron chi connectivity index (χ0n) is 8.72. The van der Waals surface area contributed by atoms with Crippen molar-refractivity contribution in [2.45, 2.75) is 29.2 Å². The third kappa shape index (κ3) is 2.33. The van der Waals surface area contributed by atoms with E-state index in [1.54, 1.807) is 0 Å². The average molecular weight is 368 g/mol. The largest absolute Gasteiger partial charge is 0.387 e. The lowest BCUT2D eigenvalue weighted by molar-refractivity contribution is 0.0586. The van der Waals surface area contributed by atoms with E-state index in [0.717, 1.165) is 23.4 Å². The van der Waals surface area contributed by atoms with Crippen molar-refractivity contribution in [1.82, 2.24) is 0 Å². The third-order valence-corrected chi connectivity index (χ3v) is 6.01. The molecule has 0 aromatic heterocycles. The Morgan fingerprint density at radius 3 is 2.50 bits per heavy atom. The Labute approximate surface area is 117 Å². The second kappa shape index (κ2) is 4.60. The fraction of sp³-hybridized carbons (Fsp3) is 0.500. The van der Waals surface area contributed by atoms with Gasteiger partial charge in [-0.3, -0.25) is 0 Å². The Morgan fingerprint density at radius 1 is 1.38 bits per heavy atom. The minimum absolute atomic E-state index is 0.136. The van der Waals surface area contributed by atoms with Crippen molar-refractivity contribution in [2.24, 2.45) is 0 Å². The maximum absolute atomic E-state index is 10.6. The highest BCUT2D eigenvalue weighted by atomic mass is 79.9. The summed E-state index contributed by atoms with van der Waals surface area (Å²) in [7, 11) is 0. The molecule has 4 heteroatoms. The summed E-state index contributed by atoms with van der Waals surface area (Å²) < 4.78 is -0.136. The zero-order valence-corrected chi connectivity index (χ0v) is 12.6. The maximum Gasteiger partial charge on any atom is 0.0936 e. The normalized spacial score (nSPS) is 21.5. The van der Waals surface area contributed by atoms with Crippen LogP contribution in [0.5, 0.6) is 0 Å². The lowest BCUT2D eigenvalue weighted by Crippen LogP contribution is -2.44. The number of aliphatic hydroxyl groups is 1. The summed E-state index contributed by atoms with van der Waals surface area (Å²) in [6.07, 6.45) is 2.60. The van der Waals surface area contributed by atoms with E-state index in [1.165, 1.54) is 0 Å². The third-order valence-electron chi connectivity index (χ3n) is 3.18. The van der Waals surface area contributed by atoms with Gasteiger partial charge in [0.1, 0.15) is 0 Å². The molecule has 1 saturated carbocycles. The van der Waals surface area contributed by atoms with Gasteiger partial charge in [0.15, 0.2) is 0 Å². The molecule has 88 valence electrons. The Morgan fingerprint density at radius 2 is 2.00 bits per heavy atom. The molecule has 1 fully saturated rings. The van der Waals surface area contributed by atoms with Crippen LogP contribution in [0.15, 0.2) is 24.3 Å². The average Bonchev–Trinajstić information content (AvgIpc) is 3.01. The molecule has 1 aliphatic carbocycles. The minimum atomic E-state index is -0.766. The van der Waals surface area contributed by atoms with Gasteiger partial charge in [-0.1, -0.05) is 61.7 Å². The smallest absolute Gasteiger partial charge is 0.0936 e. The first-order valence-electron chi connectivity index (χ1n) is 5.21. The maximum atomic E-state index is 10.6. The summed E-state index contributed by atoms with van der Waals surface area (Å²) >= 11 is 13.2. The summed E-state index contributed by atoms with van der Waals surface area (Å²) in [5, 5.41) is 11.9. The fourth-order valence-electron chi connectivity index (χ4n) is 1.86. The molecule has 1 atom stereocenters. The van der Waals surface area contributed by atoms with Crippen molar-refractivity contribution in [3.63, 3.8) is 0 Å². The molecule has 1 unspecified atom stereocenters. The van der Waals surface area contributed by atoms with Crippen LogP contribution in [-0.4, -0.2) is 20.4 Å². The van der Waals surface area contributed by atoms with Crippen molar-refractivity contribution >= 4 is 43.5 Å². The molecule has 1 nitrogen and oxygen atoms in total. The van der Waals surface area contributed by atoms with E-state index in [-0.39, 0.29) is 4.32 Å². The van der Waals surface area contributed by atoms with Crippen molar-refractivity contribution in [2.75, 3.05) is 5.33 Å². The molecule has 0 spiro atoms. The number of rotatable bonds is 4. The van der Waals surface area contributed by atoms with Gasteiger partial charge in [-0.25, -0.2) is 0 Å². The Kier molecular flexibility index (Phi) is 3.70. The van der Waals surface area contributed by atoms with Crippen LogP contribution in [0.25, 0.3) is 0 Å². The van der Waals surface area contributed by atoms with Crippen LogP contribution >= 0.6 is 43.5 Å². The van der Waals surface area contributed by atoms with Crippen molar-refractivity contribution in [1.29, 1.82) is 0 Å². The summed E-state index contributed by atoms with van der Waals surface area (Å²) in [6, 6.07) is 7.68. The van der Waals surface area contributed by atoms with E-state index >= 15 is 0 Å². The standard InChI is InChI=1S/C12H13Br2ClO/c13-8-12(16,11(14)5-6-11)7-9-3-1-2-4-10(9)15/h1-4,16H,5-8H2. The van der Waals surface area contributed by atoms with E-state index in [0.29, 0.717) is 11.8 Å². The lowest BCUT2D eigenvalue weighted by Gasteiger charge is -2.32. The van der Waals surface area contributed by atoms with Crippen LogP contribution in [-0.2, 0) is 6.42 Å². The van der Waals surface area contributed by atoms with Crippen LogP contribution in [0.4, 0.5) is 0 Å². The Balaban J connectivity index is 2.22. The molecule has 2 rings (SSSR count). The molecule has 1 aliphatic rings. The first-order chi connectivity index (χ1) is 7.51.